The zero-order valence-corrected chi connectivity index (χ0v) is 15.6. The van der Waals surface area contributed by atoms with Crippen LogP contribution in [-0.2, 0) is 11.3 Å². The van der Waals surface area contributed by atoms with Gasteiger partial charge in [-0.25, -0.2) is 9.59 Å². The van der Waals surface area contributed by atoms with Gasteiger partial charge in [-0.3, -0.25) is 19.1 Å². The number of aromatic nitrogens is 2. The number of nitrogens with zero attached hydrogens (tertiary/aromatic N) is 2. The molecule has 1 amide bonds. The molecule has 0 fully saturated rings. The number of amides is 1. The van der Waals surface area contributed by atoms with Crippen LogP contribution in [0.4, 0.5) is 11.5 Å². The first-order chi connectivity index (χ1) is 13.3. The fourth-order valence-electron chi connectivity index (χ4n) is 2.57. The van der Waals surface area contributed by atoms with Gasteiger partial charge in [0.05, 0.1) is 5.56 Å². The third-order valence-corrected chi connectivity index (χ3v) is 4.19. The van der Waals surface area contributed by atoms with Gasteiger partial charge in [-0.15, -0.1) is 0 Å². The minimum Gasteiger partial charge on any atom is -0.478 e. The number of aromatic amines is 1. The number of nitrogens with one attached hydrogen (secondary N) is 1. The van der Waals surface area contributed by atoms with E-state index in [0.717, 1.165) is 11.3 Å². The number of hydrogen-bond donors (Lipinski definition) is 3. The highest BCUT2D eigenvalue weighted by Crippen LogP contribution is 2.16. The quantitative estimate of drug-likeness (QED) is 0.613. The number of anilines is 2. The van der Waals surface area contributed by atoms with Crippen LogP contribution < -0.4 is 21.9 Å². The maximum atomic E-state index is 12.5. The van der Waals surface area contributed by atoms with Gasteiger partial charge in [0.15, 0.2) is 5.69 Å². The smallest absolute Gasteiger partial charge is 0.335 e. The lowest BCUT2D eigenvalue weighted by molar-refractivity contribution is -0.113. The van der Waals surface area contributed by atoms with Gasteiger partial charge in [0.2, 0.25) is 0 Å². The zero-order valence-electron chi connectivity index (χ0n) is 15.6. The highest BCUT2D eigenvalue weighted by atomic mass is 16.4. The van der Waals surface area contributed by atoms with Gasteiger partial charge >= 0.3 is 11.7 Å². The first kappa shape index (κ1) is 20.7. The van der Waals surface area contributed by atoms with E-state index >= 15 is 0 Å². The summed E-state index contributed by atoms with van der Waals surface area (Å²) < 4.78 is 1.23. The number of nitrogens with two attached hydrogens (primary N) is 1. The van der Waals surface area contributed by atoms with Crippen molar-refractivity contribution in [2.45, 2.75) is 26.3 Å². The second-order valence-corrected chi connectivity index (χ2v) is 6.16. The second-order valence-electron chi connectivity index (χ2n) is 6.16. The van der Waals surface area contributed by atoms with Crippen LogP contribution in [-0.4, -0.2) is 33.6 Å². The van der Waals surface area contributed by atoms with Crippen LogP contribution in [0.15, 0.2) is 39.9 Å². The van der Waals surface area contributed by atoms with Crippen LogP contribution >= 0.6 is 0 Å². The maximum absolute atomic E-state index is 12.5. The highest BCUT2D eigenvalue weighted by molar-refractivity contribution is 6.04. The van der Waals surface area contributed by atoms with Crippen molar-refractivity contribution in [1.29, 1.82) is 0 Å². The van der Waals surface area contributed by atoms with E-state index in [1.807, 2.05) is 6.92 Å². The number of aromatic carboxylic acids is 1. The fourth-order valence-corrected chi connectivity index (χ4v) is 2.57. The van der Waals surface area contributed by atoms with E-state index in [0.29, 0.717) is 18.5 Å². The molecule has 4 N–H and O–H groups in total. The van der Waals surface area contributed by atoms with Gasteiger partial charge in [0.1, 0.15) is 5.82 Å². The molecule has 148 valence electrons. The van der Waals surface area contributed by atoms with Gasteiger partial charge in [0.25, 0.3) is 11.5 Å². The summed E-state index contributed by atoms with van der Waals surface area (Å²) in [6.07, 6.45) is 4.25. The molecule has 0 saturated carbocycles. The Morgan fingerprint density at radius 3 is 2.46 bits per heavy atom. The highest BCUT2D eigenvalue weighted by Gasteiger charge is 2.19. The standard InChI is InChI=1S/C19H22N4O5/c1-3-4-11-23-16(20)15(17(25)21-19(23)28)22(2)14(24)10-7-12-5-8-13(9-6-12)18(26)27/h5-10H,3-4,11,20H2,1-2H3,(H,26,27)(H,21,25,28)/b10-7-. The van der Waals surface area contributed by atoms with Crippen LogP contribution in [0.1, 0.15) is 35.7 Å². The van der Waals surface area contributed by atoms with Crippen molar-refractivity contribution < 1.29 is 14.7 Å². The van der Waals surface area contributed by atoms with E-state index in [-0.39, 0.29) is 17.1 Å². The predicted octanol–water partition coefficient (Wildman–Crippen LogP) is 1.29. The van der Waals surface area contributed by atoms with E-state index in [1.165, 1.54) is 35.9 Å². The number of carbonyl (C=O) groups excluding carboxylic acids is 1. The largest absolute Gasteiger partial charge is 0.478 e. The van der Waals surface area contributed by atoms with Crippen molar-refractivity contribution in [2.75, 3.05) is 17.7 Å². The van der Waals surface area contributed by atoms with Gasteiger partial charge in [0, 0.05) is 19.7 Å². The number of unbranched alkanes of at least 4 members (excludes halogenated alkanes) is 1. The molecule has 0 spiro atoms. The molecule has 1 aromatic carbocycles. The molecule has 0 aliphatic heterocycles. The molecule has 0 atom stereocenters. The molecule has 9 nitrogen and oxygen atoms in total. The van der Waals surface area contributed by atoms with Gasteiger partial charge in [-0.1, -0.05) is 25.5 Å². The van der Waals surface area contributed by atoms with E-state index in [1.54, 1.807) is 12.1 Å². The van der Waals surface area contributed by atoms with Crippen molar-refractivity contribution in [1.82, 2.24) is 9.55 Å². The molecule has 28 heavy (non-hydrogen) atoms. The summed E-state index contributed by atoms with van der Waals surface area (Å²) in [5.74, 6) is -1.64. The summed E-state index contributed by atoms with van der Waals surface area (Å²) in [6.45, 7) is 2.29. The number of hydrogen-bond acceptors (Lipinski definition) is 5. The minimum absolute atomic E-state index is 0.0720. The molecular formula is C19H22N4O5. The molecule has 0 saturated heterocycles. The Morgan fingerprint density at radius 1 is 1.25 bits per heavy atom. The summed E-state index contributed by atoms with van der Waals surface area (Å²) in [5.41, 5.74) is 5.27. The maximum Gasteiger partial charge on any atom is 0.335 e. The molecule has 0 aliphatic rings. The van der Waals surface area contributed by atoms with Crippen LogP contribution in [0.3, 0.4) is 0 Å². The molecule has 1 aromatic heterocycles. The Bertz CT molecular complexity index is 1020. The number of H-pyrrole nitrogens is 1. The second kappa shape index (κ2) is 8.85. The summed E-state index contributed by atoms with van der Waals surface area (Å²) in [6, 6.07) is 5.95. The Morgan fingerprint density at radius 2 is 1.89 bits per heavy atom. The van der Waals surface area contributed by atoms with Gasteiger partial charge in [-0.2, -0.15) is 0 Å². The van der Waals surface area contributed by atoms with Crippen LogP contribution in [0.25, 0.3) is 6.08 Å². The van der Waals surface area contributed by atoms with Gasteiger partial charge < -0.3 is 15.7 Å². The van der Waals surface area contributed by atoms with E-state index in [9.17, 15) is 19.2 Å². The van der Waals surface area contributed by atoms with E-state index in [4.69, 9.17) is 10.8 Å². The summed E-state index contributed by atoms with van der Waals surface area (Å²) in [5, 5.41) is 8.89. The Labute approximate surface area is 160 Å². The van der Waals surface area contributed by atoms with Crippen molar-refractivity contribution >= 4 is 29.5 Å². The summed E-state index contributed by atoms with van der Waals surface area (Å²) >= 11 is 0. The lowest BCUT2D eigenvalue weighted by atomic mass is 10.1. The molecule has 2 rings (SSSR count). The lowest BCUT2D eigenvalue weighted by Crippen LogP contribution is -2.38. The van der Waals surface area contributed by atoms with Crippen molar-refractivity contribution in [3.63, 3.8) is 0 Å². The SMILES string of the molecule is CCCCn1c(N)c(N(C)C(=O)/C=C\c2ccc(C(=O)O)cc2)c(=O)[nH]c1=O. The van der Waals surface area contributed by atoms with Crippen molar-refractivity contribution in [3.05, 3.63) is 62.3 Å². The minimum atomic E-state index is -1.04. The van der Waals surface area contributed by atoms with Crippen LogP contribution in [0.5, 0.6) is 0 Å². The molecular weight excluding hydrogens is 364 g/mol. The summed E-state index contributed by atoms with van der Waals surface area (Å²) in [7, 11) is 1.38. The molecule has 0 bridgehead atoms. The number of rotatable bonds is 7. The number of nitrogen functional groups attached to an aromatic ring is 1. The first-order valence-corrected chi connectivity index (χ1v) is 8.68. The number of carboxylic acid groups (broad SMARTS) is 1. The summed E-state index contributed by atoms with van der Waals surface area (Å²) in [4.78, 5) is 50.7. The average molecular weight is 386 g/mol. The molecule has 2 aromatic rings. The third-order valence-electron chi connectivity index (χ3n) is 4.19. The number of likely N-dealkylation sites (N-methyl/N-ethyl adjacent to an activating group) is 1. The van der Waals surface area contributed by atoms with Crippen molar-refractivity contribution in [3.8, 4) is 0 Å². The Balaban J connectivity index is 2.28. The number of carbonyl (C=O) groups is 2. The van der Waals surface area contributed by atoms with Crippen molar-refractivity contribution in [2.24, 2.45) is 0 Å². The van der Waals surface area contributed by atoms with Crippen LogP contribution in [0, 0.1) is 0 Å². The third kappa shape index (κ3) is 4.56. The van der Waals surface area contributed by atoms with Crippen LogP contribution in [0.2, 0.25) is 0 Å². The average Bonchev–Trinajstić information content (AvgIpc) is 2.65. The van der Waals surface area contributed by atoms with Gasteiger partial charge in [-0.05, 0) is 30.2 Å². The topological polar surface area (TPSA) is 138 Å². The lowest BCUT2D eigenvalue weighted by Gasteiger charge is -2.19. The van der Waals surface area contributed by atoms with E-state index in [2.05, 4.69) is 4.98 Å². The zero-order chi connectivity index (χ0) is 20.8. The first-order valence-electron chi connectivity index (χ1n) is 8.68. The molecule has 0 radical (unpaired) electrons. The molecule has 0 unspecified atom stereocenters. The Kier molecular flexibility index (Phi) is 6.54. The normalized spacial score (nSPS) is 10.9. The molecule has 9 heteroatoms. The fraction of sp³-hybridized carbons (Fsp3) is 0.263. The van der Waals surface area contributed by atoms with E-state index < -0.39 is 23.1 Å². The number of benzene rings is 1. The monoisotopic (exact) mass is 386 g/mol. The Hall–Kier alpha value is -3.62. The molecule has 0 aliphatic carbocycles. The molecule has 1 heterocycles. The number of carboxylic acids is 1. The predicted molar refractivity (Wildman–Crippen MR) is 106 cm³/mol.